The second-order valence-electron chi connectivity index (χ2n) is 7.29. The summed E-state index contributed by atoms with van der Waals surface area (Å²) in [6, 6.07) is 3.84. The van der Waals surface area contributed by atoms with Crippen LogP contribution in [0.3, 0.4) is 0 Å². The van der Waals surface area contributed by atoms with Gasteiger partial charge >= 0.3 is 6.03 Å². The van der Waals surface area contributed by atoms with Gasteiger partial charge in [0.2, 0.25) is 5.91 Å². The summed E-state index contributed by atoms with van der Waals surface area (Å²) in [7, 11) is 0. The smallest absolute Gasteiger partial charge is 0.322 e. The molecule has 146 valence electrons. The van der Waals surface area contributed by atoms with Crippen LogP contribution in [-0.2, 0) is 9.59 Å². The SMILES string of the molecule is CC(CC1(C)NC(=O)NC1=O)C(=O)N1CCN(c2cc(F)cc(Cl)c2)CC1. The standard InChI is InChI=1S/C18H22ClFN4O3/c1-11(10-18(2)16(26)21-17(27)22-18)15(25)24-5-3-23(4-6-24)14-8-12(19)7-13(20)9-14/h7-9,11H,3-6,10H2,1-2H3,(H2,21,22,26,27). The third kappa shape index (κ3) is 4.16. The monoisotopic (exact) mass is 396 g/mol. The van der Waals surface area contributed by atoms with Gasteiger partial charge in [-0.1, -0.05) is 18.5 Å². The molecule has 2 fully saturated rings. The molecule has 0 saturated carbocycles. The maximum atomic E-state index is 13.5. The van der Waals surface area contributed by atoms with Crippen molar-refractivity contribution in [3.8, 4) is 0 Å². The molecule has 2 aliphatic rings. The maximum absolute atomic E-state index is 13.5. The highest BCUT2D eigenvalue weighted by atomic mass is 35.5. The summed E-state index contributed by atoms with van der Waals surface area (Å²) >= 11 is 5.91. The summed E-state index contributed by atoms with van der Waals surface area (Å²) in [6.45, 7) is 5.48. The van der Waals surface area contributed by atoms with Gasteiger partial charge in [0.25, 0.3) is 5.91 Å². The number of piperazine rings is 1. The summed E-state index contributed by atoms with van der Waals surface area (Å²) in [5.74, 6) is -1.30. The summed E-state index contributed by atoms with van der Waals surface area (Å²) in [6.07, 6.45) is 0.225. The summed E-state index contributed by atoms with van der Waals surface area (Å²) < 4.78 is 13.5. The van der Waals surface area contributed by atoms with E-state index in [9.17, 15) is 18.8 Å². The van der Waals surface area contributed by atoms with Gasteiger partial charge in [-0.15, -0.1) is 0 Å². The van der Waals surface area contributed by atoms with Gasteiger partial charge in [-0.05, 0) is 31.5 Å². The van der Waals surface area contributed by atoms with Gasteiger partial charge in [0, 0.05) is 42.8 Å². The van der Waals surface area contributed by atoms with Crippen LogP contribution < -0.4 is 15.5 Å². The minimum Gasteiger partial charge on any atom is -0.368 e. The molecule has 1 aromatic carbocycles. The molecular formula is C18H22ClFN4O3. The molecule has 2 heterocycles. The zero-order chi connectivity index (χ0) is 19.8. The Labute approximate surface area is 161 Å². The number of nitrogens with zero attached hydrogens (tertiary/aromatic N) is 2. The van der Waals surface area contributed by atoms with E-state index in [1.165, 1.54) is 12.1 Å². The molecule has 2 N–H and O–H groups in total. The first kappa shape index (κ1) is 19.4. The Hall–Kier alpha value is -2.35. The van der Waals surface area contributed by atoms with Crippen LogP contribution >= 0.6 is 11.6 Å². The molecule has 9 heteroatoms. The Kier molecular flexibility index (Phi) is 5.28. The molecule has 2 saturated heterocycles. The average molecular weight is 397 g/mol. The summed E-state index contributed by atoms with van der Waals surface area (Å²) in [5.41, 5.74) is -0.384. The molecule has 7 nitrogen and oxygen atoms in total. The van der Waals surface area contributed by atoms with Crippen molar-refractivity contribution in [3.63, 3.8) is 0 Å². The highest BCUT2D eigenvalue weighted by Crippen LogP contribution is 2.25. The van der Waals surface area contributed by atoms with Crippen LogP contribution in [0.2, 0.25) is 5.02 Å². The van der Waals surface area contributed by atoms with Crippen LogP contribution in [0.15, 0.2) is 18.2 Å². The Bertz CT molecular complexity index is 762. The molecule has 2 atom stereocenters. The maximum Gasteiger partial charge on any atom is 0.322 e. The molecule has 0 spiro atoms. The van der Waals surface area contributed by atoms with Crippen molar-refractivity contribution in [3.05, 3.63) is 29.0 Å². The fourth-order valence-corrected chi connectivity index (χ4v) is 3.86. The molecule has 3 rings (SSSR count). The molecule has 0 aromatic heterocycles. The molecule has 2 unspecified atom stereocenters. The fourth-order valence-electron chi connectivity index (χ4n) is 3.64. The number of benzene rings is 1. The van der Waals surface area contributed by atoms with Crippen molar-refractivity contribution in [2.45, 2.75) is 25.8 Å². The third-order valence-corrected chi connectivity index (χ3v) is 5.28. The van der Waals surface area contributed by atoms with Crippen molar-refractivity contribution in [1.29, 1.82) is 0 Å². The van der Waals surface area contributed by atoms with Crippen molar-refractivity contribution >= 4 is 35.1 Å². The van der Waals surface area contributed by atoms with E-state index in [4.69, 9.17) is 11.6 Å². The van der Waals surface area contributed by atoms with Crippen LogP contribution in [0.5, 0.6) is 0 Å². The highest BCUT2D eigenvalue weighted by Gasteiger charge is 2.44. The number of carbonyl (C=O) groups is 3. The average Bonchev–Trinajstić information content (AvgIpc) is 2.85. The molecule has 27 heavy (non-hydrogen) atoms. The Morgan fingerprint density at radius 2 is 1.93 bits per heavy atom. The quantitative estimate of drug-likeness (QED) is 0.760. The van der Waals surface area contributed by atoms with E-state index >= 15 is 0 Å². The van der Waals surface area contributed by atoms with E-state index in [0.717, 1.165) is 0 Å². The summed E-state index contributed by atoms with van der Waals surface area (Å²) in [5, 5.41) is 5.12. The predicted octanol–water partition coefficient (Wildman–Crippen LogP) is 1.75. The number of halogens is 2. The number of imide groups is 1. The number of rotatable bonds is 4. The second kappa shape index (κ2) is 7.34. The van der Waals surface area contributed by atoms with Gasteiger partial charge < -0.3 is 15.1 Å². The van der Waals surface area contributed by atoms with Crippen LogP contribution in [0.25, 0.3) is 0 Å². The van der Waals surface area contributed by atoms with Gasteiger partial charge in [0.1, 0.15) is 11.4 Å². The number of nitrogens with one attached hydrogen (secondary N) is 2. The lowest BCUT2D eigenvalue weighted by Crippen LogP contribution is -2.52. The van der Waals surface area contributed by atoms with E-state index in [2.05, 4.69) is 10.6 Å². The number of urea groups is 1. The number of hydrogen-bond donors (Lipinski definition) is 2. The van der Waals surface area contributed by atoms with Gasteiger partial charge in [-0.3, -0.25) is 14.9 Å². The zero-order valence-electron chi connectivity index (χ0n) is 15.2. The van der Waals surface area contributed by atoms with Crippen LogP contribution in [0.1, 0.15) is 20.3 Å². The number of hydrogen-bond acceptors (Lipinski definition) is 4. The van der Waals surface area contributed by atoms with E-state index < -0.39 is 29.2 Å². The Morgan fingerprint density at radius 1 is 1.26 bits per heavy atom. The topological polar surface area (TPSA) is 81.8 Å². The minimum atomic E-state index is -1.08. The first-order valence-corrected chi connectivity index (χ1v) is 9.19. The molecule has 0 aliphatic carbocycles. The first-order chi connectivity index (χ1) is 12.7. The second-order valence-corrected chi connectivity index (χ2v) is 7.72. The predicted molar refractivity (Wildman–Crippen MR) is 99.1 cm³/mol. The van der Waals surface area contributed by atoms with Crippen molar-refractivity contribution in [2.24, 2.45) is 5.92 Å². The molecular weight excluding hydrogens is 375 g/mol. The number of carbonyl (C=O) groups excluding carboxylic acids is 3. The van der Waals surface area contributed by atoms with Gasteiger partial charge in [-0.25, -0.2) is 9.18 Å². The third-order valence-electron chi connectivity index (χ3n) is 5.06. The van der Waals surface area contributed by atoms with Crippen molar-refractivity contribution < 1.29 is 18.8 Å². The van der Waals surface area contributed by atoms with E-state index in [1.54, 1.807) is 24.8 Å². The molecule has 0 bridgehead atoms. The normalized spacial score (nSPS) is 23.9. The summed E-state index contributed by atoms with van der Waals surface area (Å²) in [4.78, 5) is 39.8. The number of anilines is 1. The van der Waals surface area contributed by atoms with E-state index in [0.29, 0.717) is 36.9 Å². The van der Waals surface area contributed by atoms with Crippen LogP contribution in [0, 0.1) is 11.7 Å². The minimum absolute atomic E-state index is 0.0675. The van der Waals surface area contributed by atoms with Crippen LogP contribution in [0.4, 0.5) is 14.9 Å². The lowest BCUT2D eigenvalue weighted by Gasteiger charge is -2.38. The van der Waals surface area contributed by atoms with Crippen molar-refractivity contribution in [2.75, 3.05) is 31.1 Å². The molecule has 4 amide bonds. The zero-order valence-corrected chi connectivity index (χ0v) is 16.0. The van der Waals surface area contributed by atoms with E-state index in [1.807, 2.05) is 4.90 Å². The Morgan fingerprint density at radius 3 is 2.48 bits per heavy atom. The Balaban J connectivity index is 1.58. The van der Waals surface area contributed by atoms with Crippen molar-refractivity contribution in [1.82, 2.24) is 15.5 Å². The molecule has 1 aromatic rings. The van der Waals surface area contributed by atoms with E-state index in [-0.39, 0.29) is 12.3 Å². The van der Waals surface area contributed by atoms with Gasteiger partial charge in [0.05, 0.1) is 0 Å². The van der Waals surface area contributed by atoms with Crippen LogP contribution in [-0.4, -0.2) is 54.5 Å². The highest BCUT2D eigenvalue weighted by molar-refractivity contribution is 6.30. The lowest BCUT2D eigenvalue weighted by atomic mass is 9.89. The van der Waals surface area contributed by atoms with Gasteiger partial charge in [0.15, 0.2) is 0 Å². The lowest BCUT2D eigenvalue weighted by molar-refractivity contribution is -0.136. The molecule has 0 radical (unpaired) electrons. The molecule has 2 aliphatic heterocycles. The fraction of sp³-hybridized carbons (Fsp3) is 0.500. The first-order valence-electron chi connectivity index (χ1n) is 8.81. The number of amides is 4. The largest absolute Gasteiger partial charge is 0.368 e. The van der Waals surface area contributed by atoms with Gasteiger partial charge in [-0.2, -0.15) is 0 Å².